The average molecular weight is 203 g/mol. The lowest BCUT2D eigenvalue weighted by atomic mass is 10.1. The SMILES string of the molecule is CCc1ccccc1Nc1cccs1. The molecule has 0 amide bonds. The number of rotatable bonds is 3. The fraction of sp³-hybridized carbons (Fsp3) is 0.167. The van der Waals surface area contributed by atoms with Gasteiger partial charge < -0.3 is 5.32 Å². The molecular formula is C12H13NS. The summed E-state index contributed by atoms with van der Waals surface area (Å²) in [5.74, 6) is 0. The van der Waals surface area contributed by atoms with Crippen molar-refractivity contribution in [1.82, 2.24) is 0 Å². The topological polar surface area (TPSA) is 12.0 Å². The summed E-state index contributed by atoms with van der Waals surface area (Å²) < 4.78 is 0. The number of anilines is 2. The van der Waals surface area contributed by atoms with Crippen molar-refractivity contribution < 1.29 is 0 Å². The van der Waals surface area contributed by atoms with E-state index in [9.17, 15) is 0 Å². The van der Waals surface area contributed by atoms with Gasteiger partial charge in [-0.15, -0.1) is 11.3 Å². The summed E-state index contributed by atoms with van der Waals surface area (Å²) in [4.78, 5) is 0. The average Bonchev–Trinajstić information content (AvgIpc) is 2.71. The molecule has 1 N–H and O–H groups in total. The second-order valence-corrected chi connectivity index (χ2v) is 4.06. The van der Waals surface area contributed by atoms with Crippen LogP contribution >= 0.6 is 11.3 Å². The highest BCUT2D eigenvalue weighted by Gasteiger charge is 1.99. The summed E-state index contributed by atoms with van der Waals surface area (Å²) >= 11 is 1.73. The second kappa shape index (κ2) is 4.29. The highest BCUT2D eigenvalue weighted by molar-refractivity contribution is 7.14. The zero-order valence-electron chi connectivity index (χ0n) is 8.16. The molecule has 2 aromatic rings. The van der Waals surface area contributed by atoms with Gasteiger partial charge in [0.25, 0.3) is 0 Å². The molecule has 0 aliphatic heterocycles. The molecule has 72 valence electrons. The molecule has 0 fully saturated rings. The maximum Gasteiger partial charge on any atom is 0.0926 e. The molecular weight excluding hydrogens is 190 g/mol. The Kier molecular flexibility index (Phi) is 2.84. The lowest BCUT2D eigenvalue weighted by Crippen LogP contribution is -1.92. The molecule has 0 saturated carbocycles. The van der Waals surface area contributed by atoms with E-state index in [0.717, 1.165) is 6.42 Å². The maximum absolute atomic E-state index is 3.42. The predicted octanol–water partition coefficient (Wildman–Crippen LogP) is 4.05. The van der Waals surface area contributed by atoms with Crippen LogP contribution < -0.4 is 5.32 Å². The Balaban J connectivity index is 2.24. The van der Waals surface area contributed by atoms with Crippen LogP contribution in [-0.2, 0) is 6.42 Å². The van der Waals surface area contributed by atoms with Gasteiger partial charge in [0.05, 0.1) is 5.00 Å². The number of benzene rings is 1. The van der Waals surface area contributed by atoms with E-state index in [1.807, 2.05) is 0 Å². The van der Waals surface area contributed by atoms with Crippen molar-refractivity contribution in [3.8, 4) is 0 Å². The standard InChI is InChI=1S/C12H13NS/c1-2-10-6-3-4-7-11(10)13-12-8-5-9-14-12/h3-9,13H,2H2,1H3. The van der Waals surface area contributed by atoms with E-state index < -0.39 is 0 Å². The van der Waals surface area contributed by atoms with Gasteiger partial charge in [-0.25, -0.2) is 0 Å². The minimum Gasteiger partial charge on any atom is -0.347 e. The molecule has 1 aromatic carbocycles. The third-order valence-corrected chi connectivity index (χ3v) is 2.96. The summed E-state index contributed by atoms with van der Waals surface area (Å²) in [7, 11) is 0. The first-order valence-electron chi connectivity index (χ1n) is 4.78. The first kappa shape index (κ1) is 9.28. The smallest absolute Gasteiger partial charge is 0.0926 e. The molecule has 1 nitrogen and oxygen atoms in total. The van der Waals surface area contributed by atoms with E-state index in [2.05, 4.69) is 54.0 Å². The van der Waals surface area contributed by atoms with Crippen molar-refractivity contribution in [3.63, 3.8) is 0 Å². The van der Waals surface area contributed by atoms with E-state index in [1.165, 1.54) is 16.3 Å². The molecule has 14 heavy (non-hydrogen) atoms. The van der Waals surface area contributed by atoms with Gasteiger partial charge in [0.1, 0.15) is 0 Å². The Hall–Kier alpha value is -1.28. The molecule has 0 radical (unpaired) electrons. The van der Waals surface area contributed by atoms with Crippen molar-refractivity contribution in [3.05, 3.63) is 47.3 Å². The van der Waals surface area contributed by atoms with Gasteiger partial charge in [-0.05, 0) is 35.6 Å². The van der Waals surface area contributed by atoms with Gasteiger partial charge in [-0.1, -0.05) is 25.1 Å². The molecule has 0 aliphatic carbocycles. The highest BCUT2D eigenvalue weighted by Crippen LogP contribution is 2.24. The second-order valence-electron chi connectivity index (χ2n) is 3.11. The lowest BCUT2D eigenvalue weighted by molar-refractivity contribution is 1.14. The van der Waals surface area contributed by atoms with Crippen LogP contribution in [0.1, 0.15) is 12.5 Å². The fourth-order valence-electron chi connectivity index (χ4n) is 1.43. The van der Waals surface area contributed by atoms with Crippen molar-refractivity contribution in [2.75, 3.05) is 5.32 Å². The summed E-state index contributed by atoms with van der Waals surface area (Å²) in [5.41, 5.74) is 2.58. The molecule has 1 aromatic heterocycles. The Bertz CT molecular complexity index is 392. The van der Waals surface area contributed by atoms with Crippen LogP contribution in [0.25, 0.3) is 0 Å². The summed E-state index contributed by atoms with van der Waals surface area (Å²) in [6.45, 7) is 2.18. The van der Waals surface area contributed by atoms with E-state index in [0.29, 0.717) is 0 Å². The summed E-state index contributed by atoms with van der Waals surface area (Å²) in [6.07, 6.45) is 1.06. The first-order chi connectivity index (χ1) is 6.90. The number of hydrogen-bond acceptors (Lipinski definition) is 2. The van der Waals surface area contributed by atoms with Crippen LogP contribution in [0.2, 0.25) is 0 Å². The van der Waals surface area contributed by atoms with E-state index >= 15 is 0 Å². The Morgan fingerprint density at radius 3 is 2.71 bits per heavy atom. The van der Waals surface area contributed by atoms with Crippen LogP contribution in [-0.4, -0.2) is 0 Å². The maximum atomic E-state index is 3.42. The zero-order valence-corrected chi connectivity index (χ0v) is 8.97. The number of aryl methyl sites for hydroxylation is 1. The van der Waals surface area contributed by atoms with Crippen molar-refractivity contribution in [2.45, 2.75) is 13.3 Å². The van der Waals surface area contributed by atoms with Crippen molar-refractivity contribution >= 4 is 22.0 Å². The number of thiophene rings is 1. The lowest BCUT2D eigenvalue weighted by Gasteiger charge is -2.08. The zero-order chi connectivity index (χ0) is 9.80. The van der Waals surface area contributed by atoms with Crippen molar-refractivity contribution in [2.24, 2.45) is 0 Å². The molecule has 0 unspecified atom stereocenters. The predicted molar refractivity (Wildman–Crippen MR) is 63.4 cm³/mol. The molecule has 2 rings (SSSR count). The molecule has 0 atom stereocenters. The van der Waals surface area contributed by atoms with Gasteiger partial charge in [0.2, 0.25) is 0 Å². The van der Waals surface area contributed by atoms with Crippen molar-refractivity contribution in [1.29, 1.82) is 0 Å². The molecule has 0 saturated heterocycles. The van der Waals surface area contributed by atoms with Crippen LogP contribution in [0.4, 0.5) is 10.7 Å². The molecule has 0 spiro atoms. The van der Waals surface area contributed by atoms with E-state index in [1.54, 1.807) is 11.3 Å². The van der Waals surface area contributed by atoms with Gasteiger partial charge >= 0.3 is 0 Å². The third kappa shape index (κ3) is 1.96. The normalized spacial score (nSPS) is 10.1. The number of hydrogen-bond donors (Lipinski definition) is 1. The molecule has 1 heterocycles. The highest BCUT2D eigenvalue weighted by atomic mass is 32.1. The van der Waals surface area contributed by atoms with Gasteiger partial charge in [0.15, 0.2) is 0 Å². The Morgan fingerprint density at radius 1 is 1.14 bits per heavy atom. The van der Waals surface area contributed by atoms with E-state index in [-0.39, 0.29) is 0 Å². The van der Waals surface area contributed by atoms with Gasteiger partial charge in [-0.2, -0.15) is 0 Å². The molecule has 0 aliphatic rings. The summed E-state index contributed by atoms with van der Waals surface area (Å²) in [5, 5.41) is 6.70. The fourth-order valence-corrected chi connectivity index (χ4v) is 2.06. The first-order valence-corrected chi connectivity index (χ1v) is 5.66. The van der Waals surface area contributed by atoms with Gasteiger partial charge in [-0.3, -0.25) is 0 Å². The number of nitrogens with one attached hydrogen (secondary N) is 1. The summed E-state index contributed by atoms with van der Waals surface area (Å²) in [6, 6.07) is 12.6. The van der Waals surface area contributed by atoms with Gasteiger partial charge in [0, 0.05) is 5.69 Å². The Labute approximate surface area is 88.4 Å². The minimum absolute atomic E-state index is 1.06. The van der Waals surface area contributed by atoms with Crippen LogP contribution in [0.3, 0.4) is 0 Å². The van der Waals surface area contributed by atoms with Crippen LogP contribution in [0, 0.1) is 0 Å². The van der Waals surface area contributed by atoms with E-state index in [4.69, 9.17) is 0 Å². The number of para-hydroxylation sites is 1. The van der Waals surface area contributed by atoms with Crippen LogP contribution in [0.15, 0.2) is 41.8 Å². The minimum atomic E-state index is 1.06. The molecule has 0 bridgehead atoms. The largest absolute Gasteiger partial charge is 0.347 e. The van der Waals surface area contributed by atoms with Crippen LogP contribution in [0.5, 0.6) is 0 Å². The molecule has 2 heteroatoms. The monoisotopic (exact) mass is 203 g/mol. The quantitative estimate of drug-likeness (QED) is 0.793. The Morgan fingerprint density at radius 2 is 2.00 bits per heavy atom. The third-order valence-electron chi connectivity index (χ3n) is 2.18.